The normalized spacial score (nSPS) is 12.1. The Bertz CT molecular complexity index is 1270. The van der Waals surface area contributed by atoms with E-state index in [0.29, 0.717) is 11.1 Å². The van der Waals surface area contributed by atoms with E-state index in [4.69, 9.17) is 0 Å². The third kappa shape index (κ3) is 5.38. The number of aromatic hydroxyl groups is 1. The molecular weight excluding hydrogens is 449 g/mol. The van der Waals surface area contributed by atoms with Crippen molar-refractivity contribution in [1.82, 2.24) is 15.3 Å². The van der Waals surface area contributed by atoms with Crippen molar-refractivity contribution in [3.05, 3.63) is 58.7 Å². The molecule has 7 nitrogen and oxygen atoms in total. The van der Waals surface area contributed by atoms with Gasteiger partial charge in [-0.1, -0.05) is 12.1 Å². The molecule has 180 valence electrons. The number of rotatable bonds is 6. The van der Waals surface area contributed by atoms with Crippen molar-refractivity contribution in [3.63, 3.8) is 0 Å². The number of alkyl halides is 3. The summed E-state index contributed by atoms with van der Waals surface area (Å²) in [5.41, 5.74) is 4.30. The Kier molecular flexibility index (Phi) is 6.99. The van der Waals surface area contributed by atoms with E-state index in [1.807, 2.05) is 19.9 Å². The second kappa shape index (κ2) is 9.58. The molecule has 3 rings (SSSR count). The molecule has 10 heteroatoms. The Morgan fingerprint density at radius 3 is 2.29 bits per heavy atom. The van der Waals surface area contributed by atoms with Crippen LogP contribution in [0.3, 0.4) is 0 Å². The molecule has 34 heavy (non-hydrogen) atoms. The second-order valence-electron chi connectivity index (χ2n) is 8.07. The number of benzene rings is 2. The fraction of sp³-hybridized carbons (Fsp3) is 0.292. The number of fused-ring (bicyclic) bond motifs is 1. The molecule has 3 N–H and O–H groups in total. The summed E-state index contributed by atoms with van der Waals surface area (Å²) in [5, 5.41) is 18.0. The number of carbonyl (C=O) groups is 2. The lowest BCUT2D eigenvalue weighted by Crippen LogP contribution is -2.27. The van der Waals surface area contributed by atoms with Gasteiger partial charge in [0.15, 0.2) is 0 Å². The Morgan fingerprint density at radius 1 is 1.06 bits per heavy atom. The van der Waals surface area contributed by atoms with Gasteiger partial charge in [-0.25, -0.2) is 5.43 Å². The fourth-order valence-corrected chi connectivity index (χ4v) is 3.76. The molecule has 1 aromatic heterocycles. The largest absolute Gasteiger partial charge is 0.494 e. The van der Waals surface area contributed by atoms with E-state index in [1.165, 1.54) is 24.5 Å². The van der Waals surface area contributed by atoms with Crippen molar-refractivity contribution in [2.45, 2.75) is 40.3 Å². The van der Waals surface area contributed by atoms with Crippen LogP contribution < -0.4 is 10.7 Å². The molecule has 0 aliphatic heterocycles. The number of aryl methyl sites for hydroxylation is 2. The first kappa shape index (κ1) is 24.8. The lowest BCUT2D eigenvalue weighted by Gasteiger charge is -2.11. The van der Waals surface area contributed by atoms with Crippen molar-refractivity contribution < 1.29 is 27.9 Å². The van der Waals surface area contributed by atoms with Gasteiger partial charge < -0.3 is 10.4 Å². The maximum Gasteiger partial charge on any atom is 0.416 e. The minimum Gasteiger partial charge on any atom is -0.494 e. The lowest BCUT2D eigenvalue weighted by molar-refractivity contribution is -0.137. The van der Waals surface area contributed by atoms with E-state index in [0.717, 1.165) is 23.3 Å². The fourth-order valence-electron chi connectivity index (χ4n) is 3.76. The maximum absolute atomic E-state index is 13.4. The molecule has 0 aliphatic rings. The molecule has 0 saturated carbocycles. The van der Waals surface area contributed by atoms with Crippen molar-refractivity contribution >= 4 is 28.4 Å². The number of nitrogens with zero attached hydrogens (tertiary/aromatic N) is 2. The number of halogens is 3. The van der Waals surface area contributed by atoms with Crippen molar-refractivity contribution in [3.8, 4) is 11.6 Å². The monoisotopic (exact) mass is 474 g/mol. The number of hydrogen-bond donors (Lipinski definition) is 3. The highest BCUT2D eigenvalue weighted by molar-refractivity contribution is 6.13. The molecule has 2 amide bonds. The second-order valence-corrected chi connectivity index (χ2v) is 8.07. The average molecular weight is 474 g/mol. The van der Waals surface area contributed by atoms with Crippen LogP contribution in [-0.2, 0) is 15.8 Å². The molecular formula is C24H25F3N4O3. The first-order chi connectivity index (χ1) is 15.9. The van der Waals surface area contributed by atoms with Gasteiger partial charge in [-0.05, 0) is 56.2 Å². The van der Waals surface area contributed by atoms with Gasteiger partial charge in [0, 0.05) is 31.0 Å². The SMILES string of the molecule is CC(=O)NCCC(=O)NN=C(C)c1c(O)n(-c2cc(C)cc(C)c2)c2cc(C(F)(F)F)ccc12. The molecule has 0 bridgehead atoms. The minimum absolute atomic E-state index is 0.0123. The van der Waals surface area contributed by atoms with E-state index in [1.54, 1.807) is 12.1 Å². The van der Waals surface area contributed by atoms with Gasteiger partial charge in [0.2, 0.25) is 17.7 Å². The molecule has 3 aromatic rings. The summed E-state index contributed by atoms with van der Waals surface area (Å²) in [5.74, 6) is -1.03. The topological polar surface area (TPSA) is 95.7 Å². The molecule has 0 spiro atoms. The maximum atomic E-state index is 13.4. The van der Waals surface area contributed by atoms with Crippen molar-refractivity contribution in [2.75, 3.05) is 6.54 Å². The Hall–Kier alpha value is -3.82. The Balaban J connectivity index is 2.11. The summed E-state index contributed by atoms with van der Waals surface area (Å²) in [6.07, 6.45) is -4.58. The van der Waals surface area contributed by atoms with Gasteiger partial charge in [-0.3, -0.25) is 14.2 Å². The highest BCUT2D eigenvalue weighted by Crippen LogP contribution is 2.39. The van der Waals surface area contributed by atoms with Crippen LogP contribution >= 0.6 is 0 Å². The zero-order valence-electron chi connectivity index (χ0n) is 19.2. The van der Waals surface area contributed by atoms with Crippen molar-refractivity contribution in [1.29, 1.82) is 0 Å². The van der Waals surface area contributed by atoms with Crippen LogP contribution in [0.2, 0.25) is 0 Å². The summed E-state index contributed by atoms with van der Waals surface area (Å²) in [6, 6.07) is 8.63. The Labute approximate surface area is 194 Å². The third-order valence-electron chi connectivity index (χ3n) is 5.17. The van der Waals surface area contributed by atoms with Gasteiger partial charge in [-0.15, -0.1) is 0 Å². The van der Waals surface area contributed by atoms with Crippen LogP contribution in [0.15, 0.2) is 41.5 Å². The van der Waals surface area contributed by atoms with Gasteiger partial charge in [0.05, 0.1) is 22.4 Å². The highest BCUT2D eigenvalue weighted by Gasteiger charge is 2.32. The summed E-state index contributed by atoms with van der Waals surface area (Å²) >= 11 is 0. The van der Waals surface area contributed by atoms with Crippen LogP contribution in [-0.4, -0.2) is 33.7 Å². The van der Waals surface area contributed by atoms with Crippen LogP contribution in [0.1, 0.15) is 42.5 Å². The predicted octanol–water partition coefficient (Wildman–Crippen LogP) is 4.34. The number of hydrogen-bond acceptors (Lipinski definition) is 4. The van der Waals surface area contributed by atoms with Crippen LogP contribution in [0.5, 0.6) is 5.88 Å². The van der Waals surface area contributed by atoms with E-state index in [-0.39, 0.29) is 41.5 Å². The first-order valence-corrected chi connectivity index (χ1v) is 10.5. The number of hydrazone groups is 1. The average Bonchev–Trinajstić information content (AvgIpc) is 3.01. The molecule has 2 aromatic carbocycles. The summed E-state index contributed by atoms with van der Waals surface area (Å²) in [7, 11) is 0. The molecule has 0 unspecified atom stereocenters. The van der Waals surface area contributed by atoms with E-state index in [9.17, 15) is 27.9 Å². The summed E-state index contributed by atoms with van der Waals surface area (Å²) < 4.78 is 41.7. The predicted molar refractivity (Wildman–Crippen MR) is 123 cm³/mol. The first-order valence-electron chi connectivity index (χ1n) is 10.5. The third-order valence-corrected chi connectivity index (χ3v) is 5.17. The number of amides is 2. The smallest absolute Gasteiger partial charge is 0.416 e. The van der Waals surface area contributed by atoms with Gasteiger partial charge in [-0.2, -0.15) is 18.3 Å². The number of aromatic nitrogens is 1. The zero-order chi connectivity index (χ0) is 25.2. The lowest BCUT2D eigenvalue weighted by atomic mass is 10.1. The summed E-state index contributed by atoms with van der Waals surface area (Å²) in [4.78, 5) is 22.9. The highest BCUT2D eigenvalue weighted by atomic mass is 19.4. The van der Waals surface area contributed by atoms with Gasteiger partial charge in [0.1, 0.15) is 0 Å². The van der Waals surface area contributed by atoms with Gasteiger partial charge >= 0.3 is 6.18 Å². The van der Waals surface area contributed by atoms with Crippen LogP contribution in [0.4, 0.5) is 13.2 Å². The number of carbonyl (C=O) groups excluding carboxylic acids is 2. The van der Waals surface area contributed by atoms with Gasteiger partial charge in [0.25, 0.3) is 0 Å². The van der Waals surface area contributed by atoms with E-state index in [2.05, 4.69) is 15.8 Å². The molecule has 1 heterocycles. The molecule has 0 atom stereocenters. The molecule has 0 radical (unpaired) electrons. The molecule has 0 fully saturated rings. The quantitative estimate of drug-likeness (QED) is 0.366. The number of nitrogens with one attached hydrogen (secondary N) is 2. The standard InChI is InChI=1S/C24H25F3N4O3/c1-13-9-14(2)11-18(10-13)31-20-12-17(24(25,26)27)5-6-19(20)22(23(31)34)15(3)29-30-21(33)7-8-28-16(4)32/h5-6,9-12,34H,7-8H2,1-4H3,(H,28,32)(H,30,33). The zero-order valence-corrected chi connectivity index (χ0v) is 19.2. The van der Waals surface area contributed by atoms with E-state index < -0.39 is 17.6 Å². The molecule has 0 saturated heterocycles. The summed E-state index contributed by atoms with van der Waals surface area (Å²) in [6.45, 7) is 6.70. The van der Waals surface area contributed by atoms with Crippen LogP contribution in [0, 0.1) is 13.8 Å². The van der Waals surface area contributed by atoms with Crippen LogP contribution in [0.25, 0.3) is 16.6 Å². The minimum atomic E-state index is -4.56. The van der Waals surface area contributed by atoms with Crippen molar-refractivity contribution in [2.24, 2.45) is 5.10 Å². The Morgan fingerprint density at radius 2 is 1.71 bits per heavy atom. The van der Waals surface area contributed by atoms with E-state index >= 15 is 0 Å². The molecule has 0 aliphatic carbocycles.